The molecule has 0 bridgehead atoms. The first-order valence-electron chi connectivity index (χ1n) is 13.7. The van der Waals surface area contributed by atoms with Crippen LogP contribution in [0.2, 0.25) is 0 Å². The Bertz CT molecular complexity index is 1390. The third kappa shape index (κ3) is 6.74. The van der Waals surface area contributed by atoms with Crippen molar-refractivity contribution in [2.24, 2.45) is 5.92 Å². The maximum atomic E-state index is 13.3. The number of nitrogens with zero attached hydrogens (tertiary/aromatic N) is 4. The molecule has 11 heteroatoms. The fourth-order valence-electron chi connectivity index (χ4n) is 5.91. The van der Waals surface area contributed by atoms with Gasteiger partial charge in [0.05, 0.1) is 18.2 Å². The van der Waals surface area contributed by atoms with Gasteiger partial charge in [-0.1, -0.05) is 102 Å². The Labute approximate surface area is 259 Å². The Morgan fingerprint density at radius 2 is 1.48 bits per heavy atom. The highest BCUT2D eigenvalue weighted by atomic mass is 35.7. The van der Waals surface area contributed by atoms with E-state index >= 15 is 0 Å². The molecule has 1 fully saturated rings. The average Bonchev–Trinajstić information content (AvgIpc) is 3.02. The van der Waals surface area contributed by atoms with Crippen LogP contribution in [-0.4, -0.2) is 52.9 Å². The van der Waals surface area contributed by atoms with Gasteiger partial charge >= 0.3 is 5.69 Å². The van der Waals surface area contributed by atoms with Gasteiger partial charge in [-0.25, -0.2) is 4.79 Å². The van der Waals surface area contributed by atoms with E-state index in [1.807, 2.05) is 37.0 Å². The summed E-state index contributed by atoms with van der Waals surface area (Å²) in [5.41, 5.74) is 2.44. The summed E-state index contributed by atoms with van der Waals surface area (Å²) in [7, 11) is 2.27. The average molecular weight is 643 g/mol. The SMILES string of the molecule is CN(C)P(Cl)OCC1CC(n2ccc(OPCl)nc2=O)CN(C(c2ccccc2)(c2ccccc2)c2ccccc2)C1. The molecule has 0 spiro atoms. The van der Waals surface area contributed by atoms with Crippen LogP contribution in [0.25, 0.3) is 0 Å². The van der Waals surface area contributed by atoms with Crippen molar-refractivity contribution < 1.29 is 9.05 Å². The van der Waals surface area contributed by atoms with Crippen LogP contribution in [0.4, 0.5) is 0 Å². The molecule has 7 nitrogen and oxygen atoms in total. The molecule has 4 atom stereocenters. The van der Waals surface area contributed by atoms with Gasteiger partial charge in [-0.2, -0.15) is 4.98 Å². The minimum atomic E-state index is -1.24. The lowest BCUT2D eigenvalue weighted by Gasteiger charge is -2.51. The van der Waals surface area contributed by atoms with Gasteiger partial charge in [-0.05, 0) is 54.4 Å². The van der Waals surface area contributed by atoms with Crippen LogP contribution >= 0.6 is 38.3 Å². The van der Waals surface area contributed by atoms with Gasteiger partial charge in [0.25, 0.3) is 0 Å². The first-order valence-corrected chi connectivity index (χ1v) is 17.8. The molecule has 1 saturated heterocycles. The Hall–Kier alpha value is -2.34. The van der Waals surface area contributed by atoms with Crippen molar-refractivity contribution in [1.29, 1.82) is 0 Å². The van der Waals surface area contributed by atoms with Gasteiger partial charge in [0.15, 0.2) is 8.16 Å². The second-order valence-electron chi connectivity index (χ2n) is 10.5. The summed E-state index contributed by atoms with van der Waals surface area (Å²) in [6, 6.07) is 33.3. The number of hydrogen-bond acceptors (Lipinski definition) is 6. The number of rotatable bonds is 11. The fourth-order valence-corrected chi connectivity index (χ4v) is 7.07. The van der Waals surface area contributed by atoms with Crippen LogP contribution in [0.1, 0.15) is 29.2 Å². The summed E-state index contributed by atoms with van der Waals surface area (Å²) in [5.74, 6) is 0.318. The van der Waals surface area contributed by atoms with Crippen molar-refractivity contribution >= 4 is 38.3 Å². The van der Waals surface area contributed by atoms with E-state index in [4.69, 9.17) is 31.5 Å². The Balaban J connectivity index is 1.66. The molecular weight excluding hydrogens is 609 g/mol. The highest BCUT2D eigenvalue weighted by Gasteiger charge is 2.46. The summed E-state index contributed by atoms with van der Waals surface area (Å²) in [4.78, 5) is 20.0. The first kappa shape index (κ1) is 31.1. The molecule has 1 aliphatic heterocycles. The zero-order valence-corrected chi connectivity index (χ0v) is 26.9. The standard InChI is InChI=1S/C31H34Cl2N4O3P2/c1-35(2)42(33)39-23-24-20-28(37-19-18-29(40-41-32)34-30(37)38)22-36(21-24)31(25-12-6-3-7-13-25,26-14-8-4-9-15-26)27-16-10-5-11-17-27/h3-19,24,28,41H,20-23H2,1-2H3. The van der Waals surface area contributed by atoms with E-state index in [2.05, 4.69) is 82.7 Å². The molecule has 4 unspecified atom stereocenters. The summed E-state index contributed by atoms with van der Waals surface area (Å²) in [6.07, 6.45) is 2.49. The molecule has 42 heavy (non-hydrogen) atoms. The largest absolute Gasteiger partial charge is 0.443 e. The molecule has 0 radical (unpaired) electrons. The van der Waals surface area contributed by atoms with Gasteiger partial charge in [-0.15, -0.1) is 0 Å². The zero-order chi connectivity index (χ0) is 29.5. The van der Waals surface area contributed by atoms with E-state index in [1.165, 1.54) is 0 Å². The lowest BCUT2D eigenvalue weighted by atomic mass is 9.73. The van der Waals surface area contributed by atoms with Crippen molar-refractivity contribution in [3.05, 3.63) is 130 Å². The molecule has 2 heterocycles. The highest BCUT2D eigenvalue weighted by molar-refractivity contribution is 7.78. The molecule has 4 aromatic rings. The first-order chi connectivity index (χ1) is 20.4. The summed E-state index contributed by atoms with van der Waals surface area (Å²) in [6.45, 7) is 1.81. The number of likely N-dealkylation sites (tertiary alicyclic amines) is 1. The van der Waals surface area contributed by atoms with Gasteiger partial charge in [0, 0.05) is 25.4 Å². The van der Waals surface area contributed by atoms with E-state index in [1.54, 1.807) is 16.8 Å². The van der Waals surface area contributed by atoms with Crippen LogP contribution in [0.3, 0.4) is 0 Å². The molecule has 0 N–H and O–H groups in total. The molecule has 220 valence electrons. The Morgan fingerprint density at radius 1 is 0.929 bits per heavy atom. The Kier molecular flexibility index (Phi) is 10.7. The Morgan fingerprint density at radius 3 is 1.95 bits per heavy atom. The second kappa shape index (κ2) is 14.4. The molecule has 5 rings (SSSR count). The van der Waals surface area contributed by atoms with Crippen LogP contribution < -0.4 is 10.2 Å². The van der Waals surface area contributed by atoms with E-state index in [0.717, 1.165) is 29.7 Å². The maximum absolute atomic E-state index is 13.3. The number of aromatic nitrogens is 2. The maximum Gasteiger partial charge on any atom is 0.351 e. The van der Waals surface area contributed by atoms with Crippen molar-refractivity contribution in [2.45, 2.75) is 18.0 Å². The van der Waals surface area contributed by atoms with Crippen LogP contribution in [-0.2, 0) is 10.1 Å². The van der Waals surface area contributed by atoms with Crippen molar-refractivity contribution in [3.8, 4) is 5.88 Å². The third-order valence-corrected chi connectivity index (χ3v) is 10.3. The second-order valence-corrected chi connectivity index (χ2v) is 13.7. The monoisotopic (exact) mass is 642 g/mol. The third-order valence-electron chi connectivity index (χ3n) is 7.64. The molecular formula is C31H34Cl2N4O3P2. The van der Waals surface area contributed by atoms with Crippen molar-refractivity contribution in [3.63, 3.8) is 0 Å². The summed E-state index contributed by atoms with van der Waals surface area (Å²) < 4.78 is 15.1. The van der Waals surface area contributed by atoms with E-state index in [0.29, 0.717) is 13.2 Å². The predicted molar refractivity (Wildman–Crippen MR) is 174 cm³/mol. The van der Waals surface area contributed by atoms with Gasteiger partial charge < -0.3 is 9.05 Å². The summed E-state index contributed by atoms with van der Waals surface area (Å²) in [5, 5.41) is 0. The molecule has 0 aliphatic carbocycles. The van der Waals surface area contributed by atoms with Crippen LogP contribution in [0.5, 0.6) is 5.88 Å². The van der Waals surface area contributed by atoms with Gasteiger partial charge in [0.1, 0.15) is 0 Å². The van der Waals surface area contributed by atoms with Gasteiger partial charge in [0.2, 0.25) is 13.5 Å². The number of halogens is 2. The fraction of sp³-hybridized carbons (Fsp3) is 0.290. The topological polar surface area (TPSA) is 59.8 Å². The van der Waals surface area contributed by atoms with Crippen molar-refractivity contribution in [1.82, 2.24) is 19.1 Å². The quantitative estimate of drug-likeness (QED) is 0.127. The van der Waals surface area contributed by atoms with Crippen LogP contribution in [0, 0.1) is 5.92 Å². The molecule has 1 aliphatic rings. The summed E-state index contributed by atoms with van der Waals surface area (Å²) >= 11 is 12.3. The molecule has 1 aromatic heterocycles. The molecule has 0 saturated carbocycles. The zero-order valence-electron chi connectivity index (χ0n) is 23.5. The molecule has 0 amide bonds. The van der Waals surface area contributed by atoms with Gasteiger partial charge in [-0.3, -0.25) is 14.1 Å². The lowest BCUT2D eigenvalue weighted by Crippen LogP contribution is -2.55. The lowest BCUT2D eigenvalue weighted by molar-refractivity contribution is 0.0432. The predicted octanol–water partition coefficient (Wildman–Crippen LogP) is 7.27. The number of piperidine rings is 1. The van der Waals surface area contributed by atoms with E-state index in [-0.39, 0.29) is 31.7 Å². The number of benzene rings is 3. The minimum Gasteiger partial charge on any atom is -0.443 e. The van der Waals surface area contributed by atoms with E-state index < -0.39 is 13.2 Å². The van der Waals surface area contributed by atoms with Crippen LogP contribution in [0.15, 0.2) is 108 Å². The highest BCUT2D eigenvalue weighted by Crippen LogP contribution is 2.48. The molecule has 3 aromatic carbocycles. The van der Waals surface area contributed by atoms with E-state index in [9.17, 15) is 4.79 Å². The minimum absolute atomic E-state index is 0.0927. The normalized spacial score (nSPS) is 18.9. The number of hydrogen-bond donors (Lipinski definition) is 0. The van der Waals surface area contributed by atoms with Crippen molar-refractivity contribution in [2.75, 3.05) is 33.8 Å². The smallest absolute Gasteiger partial charge is 0.351 e.